The summed E-state index contributed by atoms with van der Waals surface area (Å²) in [7, 11) is 0. The van der Waals surface area contributed by atoms with E-state index in [1.807, 2.05) is 48.5 Å². The SMILES string of the molecule is FC(F)(F)c1cccc(CBr)c1.Nc1n[nH]c2ccccc12.O=C(Nc1n[nH]c2ccccc12)c1ccco1.O=C(Nc1nn(Cc2cccc(C(F)(F)F)c2)c2ccccc12)c1ccco1.O=C(O)c1ccco1.[BH]. The van der Waals surface area contributed by atoms with Gasteiger partial charge >= 0.3 is 18.3 Å². The van der Waals surface area contributed by atoms with Crippen LogP contribution in [0.25, 0.3) is 32.7 Å². The molecule has 2 radical (unpaired) electrons. The number of aromatic nitrogens is 6. The highest BCUT2D eigenvalue weighted by Crippen LogP contribution is 2.32. The van der Waals surface area contributed by atoms with Crippen LogP contribution in [0.1, 0.15) is 53.9 Å². The summed E-state index contributed by atoms with van der Waals surface area (Å²) in [6.07, 6.45) is -4.48. The number of carboxylic acids is 1. The fraction of sp³-hybridized carbons (Fsp3) is 0.0769. The van der Waals surface area contributed by atoms with Crippen LogP contribution in [0, 0.1) is 0 Å². The van der Waals surface area contributed by atoms with E-state index in [0.29, 0.717) is 44.8 Å². The number of halogens is 7. The number of carboxylic acid groups (broad SMARTS) is 1. The zero-order chi connectivity index (χ0) is 53.5. The standard InChI is InChI=1S/C20H14F3N3O2.C12H9N3O2.C8H6BrF3.C7H7N3.C5H4O3.BH/c21-20(22,23)14-6-3-5-13(11-14)12-26-16-8-2-1-7-15(16)18(25-26)24-19(27)17-9-4-10-28-17;16-12(10-6-3-7-17-10)13-11-8-4-1-2-5-9(8)14-15-11;9-5-6-2-1-3-7(4-6)8(10,11)12;8-7-5-3-1-2-4-6(5)9-10-7;6-5(7)4-2-1-3-8-4;/h1-11H,12H2,(H,24,25,27);1-7H,(H2,13,14,15,16);1-4H,5H2;1-4H,(H3,8,9,10);1-3H,(H,6,7);1H. The van der Waals surface area contributed by atoms with Crippen LogP contribution in [0.15, 0.2) is 190 Å². The Hall–Kier alpha value is -9.32. The quantitative estimate of drug-likeness (QED) is 0.0475. The molecule has 0 spiro atoms. The van der Waals surface area contributed by atoms with Gasteiger partial charge in [0.2, 0.25) is 5.76 Å². The second-order valence-corrected chi connectivity index (χ2v) is 16.0. The van der Waals surface area contributed by atoms with Crippen molar-refractivity contribution >= 4 is 92.3 Å². The first-order valence-corrected chi connectivity index (χ1v) is 23.0. The summed E-state index contributed by atoms with van der Waals surface area (Å²) in [6, 6.07) is 42.1. The summed E-state index contributed by atoms with van der Waals surface area (Å²) in [4.78, 5) is 34.0. The fourth-order valence-electron chi connectivity index (χ4n) is 6.79. The van der Waals surface area contributed by atoms with Crippen LogP contribution in [0.2, 0.25) is 0 Å². The number of aromatic amines is 2. The molecule has 0 bridgehead atoms. The molecule has 2 amide bonds. The van der Waals surface area contributed by atoms with Crippen molar-refractivity contribution in [1.82, 2.24) is 30.2 Å². The van der Waals surface area contributed by atoms with Gasteiger partial charge in [0.15, 0.2) is 29.0 Å². The van der Waals surface area contributed by atoms with Gasteiger partial charge in [0.1, 0.15) is 0 Å². The number of nitrogens with two attached hydrogens (primary N) is 1. The lowest BCUT2D eigenvalue weighted by atomic mass is 10.1. The van der Waals surface area contributed by atoms with Crippen LogP contribution in [0.3, 0.4) is 0 Å². The van der Waals surface area contributed by atoms with E-state index in [2.05, 4.69) is 56.5 Å². The van der Waals surface area contributed by atoms with E-state index in [0.717, 1.165) is 46.1 Å². The molecule has 5 aromatic carbocycles. The molecule has 0 aliphatic carbocycles. The molecule has 388 valence electrons. The van der Waals surface area contributed by atoms with Gasteiger partial charge in [-0.1, -0.05) is 82.7 Å². The Morgan fingerprint density at radius 3 is 1.57 bits per heavy atom. The Morgan fingerprint density at radius 2 is 1.05 bits per heavy atom. The van der Waals surface area contributed by atoms with Crippen LogP contribution < -0.4 is 16.4 Å². The lowest BCUT2D eigenvalue weighted by Gasteiger charge is -2.09. The maximum atomic E-state index is 13.0. The van der Waals surface area contributed by atoms with E-state index in [4.69, 9.17) is 19.7 Å². The minimum absolute atomic E-state index is 0. The third-order valence-corrected chi connectivity index (χ3v) is 11.0. The van der Waals surface area contributed by atoms with Gasteiger partial charge < -0.3 is 34.7 Å². The number of para-hydroxylation sites is 3. The van der Waals surface area contributed by atoms with Gasteiger partial charge in [0.25, 0.3) is 11.8 Å². The van der Waals surface area contributed by atoms with Gasteiger partial charge in [-0.25, -0.2) is 4.79 Å². The lowest BCUT2D eigenvalue weighted by Crippen LogP contribution is -2.12. The summed E-state index contributed by atoms with van der Waals surface area (Å²) in [6.45, 7) is 0.126. The fourth-order valence-corrected chi connectivity index (χ4v) is 7.14. The predicted molar refractivity (Wildman–Crippen MR) is 277 cm³/mol. The van der Waals surface area contributed by atoms with Crippen LogP contribution in [0.5, 0.6) is 0 Å². The first-order valence-electron chi connectivity index (χ1n) is 21.9. The number of fused-ring (bicyclic) bond motifs is 3. The van der Waals surface area contributed by atoms with Gasteiger partial charge in [0, 0.05) is 29.9 Å². The molecule has 0 aliphatic heterocycles. The van der Waals surface area contributed by atoms with Gasteiger partial charge in [0.05, 0.1) is 53.0 Å². The summed E-state index contributed by atoms with van der Waals surface area (Å²) in [5.74, 6) is -0.0538. The monoisotopic (exact) mass is 1110 g/mol. The van der Waals surface area contributed by atoms with Gasteiger partial charge in [-0.3, -0.25) is 24.5 Å². The van der Waals surface area contributed by atoms with E-state index in [-0.39, 0.29) is 38.1 Å². The molecule has 0 aliphatic rings. The second-order valence-electron chi connectivity index (χ2n) is 15.5. The zero-order valence-corrected chi connectivity index (χ0v) is 40.9. The number of carbonyl (C=O) groups excluding carboxylic acids is 2. The average molecular weight is 1110 g/mol. The zero-order valence-electron chi connectivity index (χ0n) is 39.3. The Bertz CT molecular complexity index is 3620. The van der Waals surface area contributed by atoms with Crippen molar-refractivity contribution in [3.8, 4) is 0 Å². The topological polar surface area (TPSA) is 236 Å². The summed E-state index contributed by atoms with van der Waals surface area (Å²) < 4.78 is 91.3. The van der Waals surface area contributed by atoms with E-state index in [1.54, 1.807) is 59.3 Å². The molecule has 11 rings (SSSR count). The minimum Gasteiger partial charge on any atom is -0.475 e. The number of hydrogen-bond acceptors (Lipinski definition) is 10. The molecule has 76 heavy (non-hydrogen) atoms. The minimum atomic E-state index is -4.41. The Balaban J connectivity index is 0.000000167. The molecule has 0 saturated carbocycles. The van der Waals surface area contributed by atoms with Gasteiger partial charge in [-0.15, -0.1) is 0 Å². The maximum Gasteiger partial charge on any atom is 0.416 e. The van der Waals surface area contributed by atoms with Crippen molar-refractivity contribution in [1.29, 1.82) is 0 Å². The lowest BCUT2D eigenvalue weighted by molar-refractivity contribution is -0.138. The number of rotatable bonds is 8. The molecule has 6 aromatic heterocycles. The molecule has 11 aromatic rings. The van der Waals surface area contributed by atoms with E-state index < -0.39 is 35.4 Å². The van der Waals surface area contributed by atoms with Crippen molar-refractivity contribution < 1.29 is 59.1 Å². The van der Waals surface area contributed by atoms with Crippen LogP contribution >= 0.6 is 15.9 Å². The van der Waals surface area contributed by atoms with Crippen LogP contribution in [-0.4, -0.2) is 61.5 Å². The number of nitrogen functional groups attached to an aromatic ring is 1. The maximum absolute atomic E-state index is 13.0. The third kappa shape index (κ3) is 14.9. The third-order valence-electron chi connectivity index (χ3n) is 10.3. The molecule has 24 heteroatoms. The van der Waals surface area contributed by atoms with Crippen molar-refractivity contribution in [3.05, 3.63) is 216 Å². The number of carbonyl (C=O) groups is 3. The molecular formula is C52H41BBrF6N9O7. The molecule has 0 saturated heterocycles. The Kier molecular flexibility index (Phi) is 18.8. The highest BCUT2D eigenvalue weighted by Gasteiger charge is 2.31. The van der Waals surface area contributed by atoms with Crippen molar-refractivity contribution in [2.24, 2.45) is 0 Å². The molecule has 0 atom stereocenters. The molecule has 0 unspecified atom stereocenters. The van der Waals surface area contributed by atoms with Crippen molar-refractivity contribution in [3.63, 3.8) is 0 Å². The summed E-state index contributed by atoms with van der Waals surface area (Å²) >= 11 is 3.09. The average Bonchev–Trinajstić information content (AvgIpc) is 4.29. The number of H-pyrrole nitrogens is 2. The first kappa shape index (κ1) is 56.0. The van der Waals surface area contributed by atoms with Gasteiger partial charge in [-0.2, -0.15) is 41.6 Å². The Morgan fingerprint density at radius 1 is 0.579 bits per heavy atom. The number of benzene rings is 5. The molecule has 7 N–H and O–H groups in total. The molecule has 16 nitrogen and oxygen atoms in total. The second kappa shape index (κ2) is 25.6. The number of furan rings is 3. The van der Waals surface area contributed by atoms with Crippen molar-refractivity contribution in [2.45, 2.75) is 24.2 Å². The number of hydrogen-bond donors (Lipinski definition) is 6. The van der Waals surface area contributed by atoms with E-state index >= 15 is 0 Å². The number of aromatic carboxylic acids is 1. The number of nitrogens with zero attached hydrogens (tertiary/aromatic N) is 4. The number of nitrogens with one attached hydrogen (secondary N) is 4. The first-order chi connectivity index (χ1) is 36.0. The molecule has 6 heterocycles. The normalized spacial score (nSPS) is 10.8. The number of alkyl halides is 7. The molecule has 0 fully saturated rings. The largest absolute Gasteiger partial charge is 0.475 e. The number of anilines is 3. The predicted octanol–water partition coefficient (Wildman–Crippen LogP) is 12.4. The summed E-state index contributed by atoms with van der Waals surface area (Å²) in [5, 5.41) is 34.5. The molecular weight excluding hydrogens is 1070 g/mol. The van der Waals surface area contributed by atoms with Crippen LogP contribution in [0.4, 0.5) is 43.8 Å². The smallest absolute Gasteiger partial charge is 0.416 e. The van der Waals surface area contributed by atoms with E-state index in [1.165, 1.54) is 49.1 Å². The number of amides is 2. The van der Waals surface area contributed by atoms with Crippen LogP contribution in [-0.2, 0) is 24.2 Å². The highest BCUT2D eigenvalue weighted by atomic mass is 79.9. The Labute approximate surface area is 436 Å². The van der Waals surface area contributed by atoms with Gasteiger partial charge in [-0.05, 0) is 102 Å². The highest BCUT2D eigenvalue weighted by molar-refractivity contribution is 9.08. The van der Waals surface area contributed by atoms with E-state index in [9.17, 15) is 40.7 Å². The van der Waals surface area contributed by atoms with Crippen molar-refractivity contribution in [2.75, 3.05) is 16.4 Å². The summed E-state index contributed by atoms with van der Waals surface area (Å²) in [5.41, 5.74) is 7.85.